The maximum atomic E-state index is 11.9. The van der Waals surface area contributed by atoms with E-state index < -0.39 is 42.0 Å². The normalized spacial score (nSPS) is 16.7. The van der Waals surface area contributed by atoms with Gasteiger partial charge in [0.05, 0.1) is 12.1 Å². The van der Waals surface area contributed by atoms with E-state index in [1.165, 1.54) is 6.92 Å². The fraction of sp³-hybridized carbons (Fsp3) is 0.750. The molecule has 0 fully saturated rings. The first-order chi connectivity index (χ1) is 9.61. The minimum atomic E-state index is -1.46. The molecule has 0 aliphatic carbocycles. The number of hydrogen-bond donors (Lipinski definition) is 6. The highest BCUT2D eigenvalue weighted by molar-refractivity contribution is 7.80. The second-order valence-electron chi connectivity index (χ2n) is 5.08. The van der Waals surface area contributed by atoms with Gasteiger partial charge in [-0.2, -0.15) is 12.6 Å². The van der Waals surface area contributed by atoms with Gasteiger partial charge in [0.25, 0.3) is 0 Å². The molecule has 0 aliphatic heterocycles. The van der Waals surface area contributed by atoms with Crippen molar-refractivity contribution in [3.63, 3.8) is 0 Å². The van der Waals surface area contributed by atoms with Gasteiger partial charge in [-0.05, 0) is 12.8 Å². The zero-order chi connectivity index (χ0) is 16.7. The Morgan fingerprint density at radius 1 is 1.14 bits per heavy atom. The number of aliphatic carboxylic acids is 1. The van der Waals surface area contributed by atoms with Crippen molar-refractivity contribution in [3.05, 3.63) is 0 Å². The summed E-state index contributed by atoms with van der Waals surface area (Å²) in [6, 6.07) is -3.28. The number of rotatable bonds is 8. The van der Waals surface area contributed by atoms with E-state index in [-0.39, 0.29) is 11.7 Å². The van der Waals surface area contributed by atoms with Crippen LogP contribution in [0.3, 0.4) is 0 Å². The Kier molecular flexibility index (Phi) is 8.30. The lowest BCUT2D eigenvalue weighted by Gasteiger charge is -2.23. The van der Waals surface area contributed by atoms with E-state index in [9.17, 15) is 19.5 Å². The fourth-order valence-corrected chi connectivity index (χ4v) is 1.66. The van der Waals surface area contributed by atoms with Gasteiger partial charge in [0.15, 0.2) is 6.04 Å². The highest BCUT2D eigenvalue weighted by Gasteiger charge is 2.30. The van der Waals surface area contributed by atoms with E-state index in [4.69, 9.17) is 10.8 Å². The van der Waals surface area contributed by atoms with Gasteiger partial charge in [-0.25, -0.2) is 4.79 Å². The van der Waals surface area contributed by atoms with Crippen LogP contribution in [0.15, 0.2) is 0 Å². The molecule has 0 spiro atoms. The SMILES string of the molecule is CC(C)C(N)C(=O)NC(CS)C(=O)NC(C(=O)O)C(C)O. The van der Waals surface area contributed by atoms with Crippen molar-refractivity contribution in [2.75, 3.05) is 5.75 Å². The first-order valence-corrected chi connectivity index (χ1v) is 7.13. The van der Waals surface area contributed by atoms with Crippen molar-refractivity contribution in [2.24, 2.45) is 11.7 Å². The quantitative estimate of drug-likeness (QED) is 0.295. The third kappa shape index (κ3) is 6.32. The molecule has 0 saturated heterocycles. The van der Waals surface area contributed by atoms with Gasteiger partial charge in [0, 0.05) is 5.75 Å². The summed E-state index contributed by atoms with van der Waals surface area (Å²) < 4.78 is 0. The largest absolute Gasteiger partial charge is 0.480 e. The Hall–Kier alpha value is -1.32. The molecule has 122 valence electrons. The molecular formula is C12H23N3O5S. The molecule has 6 N–H and O–H groups in total. The molecule has 0 saturated carbocycles. The second kappa shape index (κ2) is 8.85. The number of nitrogens with one attached hydrogen (secondary N) is 2. The molecule has 0 radical (unpaired) electrons. The van der Waals surface area contributed by atoms with E-state index in [1.54, 1.807) is 13.8 Å². The van der Waals surface area contributed by atoms with Crippen LogP contribution in [0.1, 0.15) is 20.8 Å². The number of carbonyl (C=O) groups is 3. The van der Waals surface area contributed by atoms with Crippen LogP contribution in [0.25, 0.3) is 0 Å². The second-order valence-corrected chi connectivity index (χ2v) is 5.44. The van der Waals surface area contributed by atoms with Crippen molar-refractivity contribution in [3.8, 4) is 0 Å². The lowest BCUT2D eigenvalue weighted by Crippen LogP contribution is -2.57. The summed E-state index contributed by atoms with van der Waals surface area (Å²) in [5.41, 5.74) is 5.66. The van der Waals surface area contributed by atoms with Crippen LogP contribution in [-0.4, -0.2) is 58.0 Å². The lowest BCUT2D eigenvalue weighted by molar-refractivity contribution is -0.145. The molecular weight excluding hydrogens is 298 g/mol. The summed E-state index contributed by atoms with van der Waals surface area (Å²) in [6.45, 7) is 4.75. The Labute approximate surface area is 128 Å². The minimum Gasteiger partial charge on any atom is -0.480 e. The summed E-state index contributed by atoms with van der Waals surface area (Å²) in [5.74, 6) is -2.79. The lowest BCUT2D eigenvalue weighted by atomic mass is 10.0. The molecule has 4 atom stereocenters. The van der Waals surface area contributed by atoms with E-state index in [0.717, 1.165) is 0 Å². The van der Waals surface area contributed by atoms with Crippen LogP contribution in [-0.2, 0) is 14.4 Å². The topological polar surface area (TPSA) is 142 Å². The number of aliphatic hydroxyl groups is 1. The predicted octanol–water partition coefficient (Wildman–Crippen LogP) is -1.67. The third-order valence-electron chi connectivity index (χ3n) is 2.88. The van der Waals surface area contributed by atoms with Gasteiger partial charge in [0.1, 0.15) is 6.04 Å². The molecule has 4 unspecified atom stereocenters. The number of aliphatic hydroxyl groups excluding tert-OH is 1. The van der Waals surface area contributed by atoms with E-state index in [2.05, 4.69) is 23.3 Å². The van der Waals surface area contributed by atoms with Crippen LogP contribution in [0.4, 0.5) is 0 Å². The Morgan fingerprint density at radius 2 is 1.67 bits per heavy atom. The predicted molar refractivity (Wildman–Crippen MR) is 79.8 cm³/mol. The zero-order valence-electron chi connectivity index (χ0n) is 12.2. The number of carboxylic acids is 1. The summed E-state index contributed by atoms with van der Waals surface area (Å²) in [5, 5.41) is 22.7. The number of nitrogens with two attached hydrogens (primary N) is 1. The first-order valence-electron chi connectivity index (χ1n) is 6.49. The monoisotopic (exact) mass is 321 g/mol. The van der Waals surface area contributed by atoms with Gasteiger partial charge < -0.3 is 26.6 Å². The molecule has 0 bridgehead atoms. The van der Waals surface area contributed by atoms with Crippen molar-refractivity contribution in [1.29, 1.82) is 0 Å². The average Bonchev–Trinajstić information content (AvgIpc) is 2.39. The number of carbonyl (C=O) groups excluding carboxylic acids is 2. The Balaban J connectivity index is 4.76. The van der Waals surface area contributed by atoms with Gasteiger partial charge in [-0.15, -0.1) is 0 Å². The molecule has 0 aromatic rings. The molecule has 0 rings (SSSR count). The van der Waals surface area contributed by atoms with Gasteiger partial charge in [-0.3, -0.25) is 9.59 Å². The molecule has 0 aromatic heterocycles. The van der Waals surface area contributed by atoms with Gasteiger partial charge in [-0.1, -0.05) is 13.8 Å². The number of thiol groups is 1. The van der Waals surface area contributed by atoms with E-state index >= 15 is 0 Å². The van der Waals surface area contributed by atoms with E-state index in [0.29, 0.717) is 0 Å². The van der Waals surface area contributed by atoms with Crippen LogP contribution in [0.2, 0.25) is 0 Å². The van der Waals surface area contributed by atoms with Crippen LogP contribution in [0, 0.1) is 5.92 Å². The molecule has 21 heavy (non-hydrogen) atoms. The molecule has 0 aliphatic rings. The molecule has 9 heteroatoms. The highest BCUT2D eigenvalue weighted by atomic mass is 32.1. The molecule has 0 heterocycles. The van der Waals surface area contributed by atoms with Crippen molar-refractivity contribution in [1.82, 2.24) is 10.6 Å². The average molecular weight is 321 g/mol. The van der Waals surface area contributed by atoms with E-state index in [1.807, 2.05) is 0 Å². The molecule has 0 aromatic carbocycles. The van der Waals surface area contributed by atoms with Crippen LogP contribution >= 0.6 is 12.6 Å². The number of carboxylic acid groups (broad SMARTS) is 1. The standard InChI is InChI=1S/C12H23N3O5S/c1-5(2)8(13)11(18)14-7(4-21)10(17)15-9(6(3)16)12(19)20/h5-9,16,21H,4,13H2,1-3H3,(H,14,18)(H,15,17)(H,19,20). The van der Waals surface area contributed by atoms with Gasteiger partial charge >= 0.3 is 5.97 Å². The summed E-state index contributed by atoms with van der Waals surface area (Å²) >= 11 is 3.95. The number of hydrogen-bond acceptors (Lipinski definition) is 6. The zero-order valence-corrected chi connectivity index (χ0v) is 13.1. The Bertz CT molecular complexity index is 389. The third-order valence-corrected chi connectivity index (χ3v) is 3.25. The number of amides is 2. The van der Waals surface area contributed by atoms with Crippen molar-refractivity contribution in [2.45, 2.75) is 45.0 Å². The van der Waals surface area contributed by atoms with Crippen molar-refractivity contribution >= 4 is 30.4 Å². The first kappa shape index (κ1) is 19.7. The van der Waals surface area contributed by atoms with Crippen molar-refractivity contribution < 1.29 is 24.6 Å². The summed E-state index contributed by atoms with van der Waals surface area (Å²) in [6.07, 6.45) is -1.28. The summed E-state index contributed by atoms with van der Waals surface area (Å²) in [7, 11) is 0. The molecule has 8 nitrogen and oxygen atoms in total. The fourth-order valence-electron chi connectivity index (χ4n) is 1.41. The molecule has 2 amide bonds. The maximum absolute atomic E-state index is 11.9. The smallest absolute Gasteiger partial charge is 0.328 e. The maximum Gasteiger partial charge on any atom is 0.328 e. The van der Waals surface area contributed by atoms with Crippen LogP contribution in [0.5, 0.6) is 0 Å². The van der Waals surface area contributed by atoms with Gasteiger partial charge in [0.2, 0.25) is 11.8 Å². The summed E-state index contributed by atoms with van der Waals surface area (Å²) in [4.78, 5) is 34.6. The Morgan fingerprint density at radius 3 is 2.00 bits per heavy atom. The minimum absolute atomic E-state index is 0.0332. The highest BCUT2D eigenvalue weighted by Crippen LogP contribution is 2.01. The van der Waals surface area contributed by atoms with Crippen LogP contribution < -0.4 is 16.4 Å².